The van der Waals surface area contributed by atoms with Crippen LogP contribution in [0.25, 0.3) is 0 Å². The highest BCUT2D eigenvalue weighted by Crippen LogP contribution is 2.24. The molecule has 0 aliphatic rings. The lowest BCUT2D eigenvalue weighted by atomic mass is 10.1. The topological polar surface area (TPSA) is 46.3 Å². The van der Waals surface area contributed by atoms with Crippen LogP contribution < -0.4 is 4.90 Å². The number of hydrogen-bond acceptors (Lipinski definition) is 4. The highest BCUT2D eigenvalue weighted by molar-refractivity contribution is 7.12. The van der Waals surface area contributed by atoms with E-state index in [0.29, 0.717) is 6.54 Å². The molecule has 5 heteroatoms. The van der Waals surface area contributed by atoms with Gasteiger partial charge in [-0.1, -0.05) is 29.4 Å². The Morgan fingerprint density at radius 2 is 1.95 bits per heavy atom. The van der Waals surface area contributed by atoms with Crippen molar-refractivity contribution in [2.75, 3.05) is 4.90 Å². The molecule has 0 spiro atoms. The first-order valence-corrected chi connectivity index (χ1v) is 7.87. The summed E-state index contributed by atoms with van der Waals surface area (Å²) in [5, 5.41) is 5.88. The molecule has 0 N–H and O–H groups in total. The average Bonchev–Trinajstić information content (AvgIpc) is 3.17. The Kier molecular flexibility index (Phi) is 4.06. The van der Waals surface area contributed by atoms with Gasteiger partial charge in [-0.3, -0.25) is 4.79 Å². The summed E-state index contributed by atoms with van der Waals surface area (Å²) >= 11 is 1.44. The van der Waals surface area contributed by atoms with Crippen LogP contribution in [0.4, 0.5) is 5.69 Å². The first-order chi connectivity index (χ1) is 10.7. The maximum absolute atomic E-state index is 12.8. The summed E-state index contributed by atoms with van der Waals surface area (Å²) in [6.45, 7) is 4.21. The Morgan fingerprint density at radius 3 is 2.55 bits per heavy atom. The molecule has 3 rings (SSSR count). The molecule has 0 aliphatic heterocycles. The molecule has 112 valence electrons. The molecule has 2 aromatic heterocycles. The Morgan fingerprint density at radius 1 is 1.18 bits per heavy atom. The minimum atomic E-state index is -0.0128. The molecule has 0 bridgehead atoms. The SMILES string of the molecule is Cc1noc(C)c1CN(C(=O)c1cccs1)c1ccccc1. The third-order valence-electron chi connectivity index (χ3n) is 3.54. The predicted molar refractivity (Wildman–Crippen MR) is 87.3 cm³/mol. The normalized spacial score (nSPS) is 10.6. The molecular formula is C17H16N2O2S. The number of rotatable bonds is 4. The van der Waals surface area contributed by atoms with E-state index in [-0.39, 0.29) is 5.91 Å². The van der Waals surface area contributed by atoms with Crippen LogP contribution in [0, 0.1) is 13.8 Å². The van der Waals surface area contributed by atoms with E-state index < -0.39 is 0 Å². The van der Waals surface area contributed by atoms with Gasteiger partial charge in [0.25, 0.3) is 5.91 Å². The van der Waals surface area contributed by atoms with Crippen molar-refractivity contribution in [3.8, 4) is 0 Å². The summed E-state index contributed by atoms with van der Waals surface area (Å²) in [6, 6.07) is 13.4. The van der Waals surface area contributed by atoms with Gasteiger partial charge >= 0.3 is 0 Å². The van der Waals surface area contributed by atoms with Gasteiger partial charge in [-0.25, -0.2) is 0 Å². The quantitative estimate of drug-likeness (QED) is 0.725. The van der Waals surface area contributed by atoms with Crippen molar-refractivity contribution in [2.45, 2.75) is 20.4 Å². The number of carbonyl (C=O) groups is 1. The minimum absolute atomic E-state index is 0.0128. The summed E-state index contributed by atoms with van der Waals surface area (Å²) in [4.78, 5) is 15.3. The highest BCUT2D eigenvalue weighted by atomic mass is 32.1. The van der Waals surface area contributed by atoms with Crippen LogP contribution in [0.1, 0.15) is 26.7 Å². The fourth-order valence-electron chi connectivity index (χ4n) is 2.31. The molecule has 0 unspecified atom stereocenters. The van der Waals surface area contributed by atoms with Crippen LogP contribution >= 0.6 is 11.3 Å². The number of thiophene rings is 1. The lowest BCUT2D eigenvalue weighted by molar-refractivity contribution is 0.0989. The molecule has 0 saturated heterocycles. The third kappa shape index (κ3) is 2.80. The number of nitrogens with zero attached hydrogens (tertiary/aromatic N) is 2. The maximum Gasteiger partial charge on any atom is 0.268 e. The van der Waals surface area contributed by atoms with E-state index in [4.69, 9.17) is 4.52 Å². The summed E-state index contributed by atoms with van der Waals surface area (Å²) in [5.74, 6) is 0.735. The smallest absolute Gasteiger partial charge is 0.268 e. The van der Waals surface area contributed by atoms with Gasteiger partial charge in [0.15, 0.2) is 0 Å². The summed E-state index contributed by atoms with van der Waals surface area (Å²) in [7, 11) is 0. The summed E-state index contributed by atoms with van der Waals surface area (Å²) in [5.41, 5.74) is 2.63. The second kappa shape index (κ2) is 6.15. The number of amides is 1. The van der Waals surface area contributed by atoms with Gasteiger partial charge in [0.2, 0.25) is 0 Å². The van der Waals surface area contributed by atoms with Gasteiger partial charge in [-0.2, -0.15) is 0 Å². The lowest BCUT2D eigenvalue weighted by Gasteiger charge is -2.22. The molecular weight excluding hydrogens is 296 g/mol. The van der Waals surface area contributed by atoms with E-state index in [1.807, 2.05) is 61.7 Å². The molecule has 0 atom stereocenters. The Bertz CT molecular complexity index is 744. The first kappa shape index (κ1) is 14.5. The molecule has 0 saturated carbocycles. The van der Waals surface area contributed by atoms with Crippen LogP contribution in [-0.2, 0) is 6.54 Å². The van der Waals surface area contributed by atoms with E-state index in [2.05, 4.69) is 5.16 Å². The van der Waals surface area contributed by atoms with Gasteiger partial charge in [-0.15, -0.1) is 11.3 Å². The number of anilines is 1. The zero-order chi connectivity index (χ0) is 15.5. The van der Waals surface area contributed by atoms with Crippen LogP contribution in [0.5, 0.6) is 0 Å². The maximum atomic E-state index is 12.8. The van der Waals surface area contributed by atoms with Gasteiger partial charge in [0.05, 0.1) is 17.1 Å². The van der Waals surface area contributed by atoms with E-state index in [0.717, 1.165) is 27.6 Å². The van der Waals surface area contributed by atoms with Crippen molar-refractivity contribution < 1.29 is 9.32 Å². The molecule has 0 fully saturated rings. The largest absolute Gasteiger partial charge is 0.361 e. The van der Waals surface area contributed by atoms with Gasteiger partial charge < -0.3 is 9.42 Å². The van der Waals surface area contributed by atoms with E-state index >= 15 is 0 Å². The molecule has 22 heavy (non-hydrogen) atoms. The summed E-state index contributed by atoms with van der Waals surface area (Å²) in [6.07, 6.45) is 0. The predicted octanol–water partition coefficient (Wildman–Crippen LogP) is 4.20. The molecule has 2 heterocycles. The minimum Gasteiger partial charge on any atom is -0.361 e. The Hall–Kier alpha value is -2.40. The van der Waals surface area contributed by atoms with Crippen molar-refractivity contribution in [3.63, 3.8) is 0 Å². The fourth-order valence-corrected chi connectivity index (χ4v) is 2.98. The van der Waals surface area contributed by atoms with Crippen molar-refractivity contribution in [1.82, 2.24) is 5.16 Å². The standard InChI is InChI=1S/C17H16N2O2S/c1-12-15(13(2)21-18-12)11-19(14-7-4-3-5-8-14)17(20)16-9-6-10-22-16/h3-10H,11H2,1-2H3. The van der Waals surface area contributed by atoms with Gasteiger partial charge in [-0.05, 0) is 37.4 Å². The Labute approximate surface area is 133 Å². The number of aryl methyl sites for hydroxylation is 2. The number of para-hydroxylation sites is 1. The monoisotopic (exact) mass is 312 g/mol. The van der Waals surface area contributed by atoms with Crippen LogP contribution in [0.15, 0.2) is 52.4 Å². The molecule has 0 radical (unpaired) electrons. The fraction of sp³-hybridized carbons (Fsp3) is 0.176. The van der Waals surface area contributed by atoms with E-state index in [9.17, 15) is 4.79 Å². The molecule has 3 aromatic rings. The van der Waals surface area contributed by atoms with Crippen LogP contribution in [0.3, 0.4) is 0 Å². The van der Waals surface area contributed by atoms with Gasteiger partial charge in [0, 0.05) is 11.3 Å². The van der Waals surface area contributed by atoms with Crippen LogP contribution in [-0.4, -0.2) is 11.1 Å². The van der Waals surface area contributed by atoms with Crippen LogP contribution in [0.2, 0.25) is 0 Å². The number of carbonyl (C=O) groups excluding carboxylic acids is 1. The Balaban J connectivity index is 1.98. The number of hydrogen-bond donors (Lipinski definition) is 0. The molecule has 1 aromatic carbocycles. The zero-order valence-electron chi connectivity index (χ0n) is 12.4. The van der Waals surface area contributed by atoms with Gasteiger partial charge in [0.1, 0.15) is 5.76 Å². The van der Waals surface area contributed by atoms with Crippen molar-refractivity contribution in [3.05, 3.63) is 69.7 Å². The van der Waals surface area contributed by atoms with Crippen molar-refractivity contribution >= 4 is 22.9 Å². The second-order valence-electron chi connectivity index (χ2n) is 5.01. The summed E-state index contributed by atoms with van der Waals surface area (Å²) < 4.78 is 5.22. The number of benzene rings is 1. The number of aromatic nitrogens is 1. The average molecular weight is 312 g/mol. The highest BCUT2D eigenvalue weighted by Gasteiger charge is 2.22. The molecule has 0 aliphatic carbocycles. The van der Waals surface area contributed by atoms with Crippen molar-refractivity contribution in [2.24, 2.45) is 0 Å². The molecule has 4 nitrogen and oxygen atoms in total. The molecule has 1 amide bonds. The first-order valence-electron chi connectivity index (χ1n) is 6.99. The second-order valence-corrected chi connectivity index (χ2v) is 5.95. The van der Waals surface area contributed by atoms with Crippen molar-refractivity contribution in [1.29, 1.82) is 0 Å². The van der Waals surface area contributed by atoms with E-state index in [1.165, 1.54) is 11.3 Å². The van der Waals surface area contributed by atoms with E-state index in [1.54, 1.807) is 4.90 Å². The third-order valence-corrected chi connectivity index (χ3v) is 4.40. The lowest BCUT2D eigenvalue weighted by Crippen LogP contribution is -2.30. The zero-order valence-corrected chi connectivity index (χ0v) is 13.3.